The van der Waals surface area contributed by atoms with Crippen LogP contribution in [0.5, 0.6) is 0 Å². The van der Waals surface area contributed by atoms with Crippen LogP contribution in [0.3, 0.4) is 0 Å². The summed E-state index contributed by atoms with van der Waals surface area (Å²) in [5, 5.41) is 2.83. The second-order valence-electron chi connectivity index (χ2n) is 4.04. The van der Waals surface area contributed by atoms with E-state index in [-0.39, 0.29) is 12.5 Å². The predicted octanol–water partition coefficient (Wildman–Crippen LogP) is 0.625. The molecule has 4 nitrogen and oxygen atoms in total. The molecule has 0 aliphatic carbocycles. The maximum Gasteiger partial charge on any atom is 0.245 e. The van der Waals surface area contributed by atoms with Crippen LogP contribution in [0.25, 0.3) is 0 Å². The van der Waals surface area contributed by atoms with E-state index in [4.69, 9.17) is 4.74 Å². The molecule has 0 atom stereocenters. The molecule has 0 aromatic rings. The number of methoxy groups -OCH3 is 1. The highest BCUT2D eigenvalue weighted by Crippen LogP contribution is 2.08. The van der Waals surface area contributed by atoms with Crippen LogP contribution in [-0.2, 0) is 9.53 Å². The molecule has 1 aliphatic rings. The molecule has 0 aromatic heterocycles. The number of nitrogens with one attached hydrogen (secondary N) is 1. The highest BCUT2D eigenvalue weighted by Gasteiger charge is 2.08. The van der Waals surface area contributed by atoms with Crippen LogP contribution < -0.4 is 5.32 Å². The van der Waals surface area contributed by atoms with Crippen LogP contribution in [0.1, 0.15) is 25.7 Å². The largest absolute Gasteiger partial charge is 0.375 e. The zero-order valence-electron chi connectivity index (χ0n) is 9.63. The third-order valence-electron chi connectivity index (χ3n) is 2.70. The fourth-order valence-electron chi connectivity index (χ4n) is 1.90. The summed E-state index contributed by atoms with van der Waals surface area (Å²) in [6, 6.07) is 0. The van der Waals surface area contributed by atoms with Crippen LogP contribution >= 0.6 is 0 Å². The number of rotatable bonds is 6. The minimum absolute atomic E-state index is 0.0175. The van der Waals surface area contributed by atoms with Gasteiger partial charge in [-0.15, -0.1) is 0 Å². The van der Waals surface area contributed by atoms with Gasteiger partial charge in [-0.05, 0) is 38.9 Å². The molecule has 0 saturated carbocycles. The van der Waals surface area contributed by atoms with Gasteiger partial charge in [0.1, 0.15) is 6.61 Å². The summed E-state index contributed by atoms with van der Waals surface area (Å²) in [5.74, 6) is -0.0175. The van der Waals surface area contributed by atoms with Crippen LogP contribution in [-0.4, -0.2) is 50.7 Å². The maximum absolute atomic E-state index is 11.0. The molecule has 0 bridgehead atoms. The number of piperidine rings is 1. The topological polar surface area (TPSA) is 41.6 Å². The van der Waals surface area contributed by atoms with Crippen molar-refractivity contribution >= 4 is 5.91 Å². The van der Waals surface area contributed by atoms with Crippen LogP contribution in [0.4, 0.5) is 0 Å². The first-order valence-electron chi connectivity index (χ1n) is 5.81. The molecule has 1 fully saturated rings. The number of likely N-dealkylation sites (tertiary alicyclic amines) is 1. The monoisotopic (exact) mass is 214 g/mol. The summed E-state index contributed by atoms with van der Waals surface area (Å²) in [6.45, 7) is 4.49. The second kappa shape index (κ2) is 7.65. The second-order valence-corrected chi connectivity index (χ2v) is 4.04. The Morgan fingerprint density at radius 3 is 2.73 bits per heavy atom. The van der Waals surface area contributed by atoms with Crippen molar-refractivity contribution in [3.05, 3.63) is 0 Å². The standard InChI is InChI=1S/C11H22N2O2/c1-15-10-11(14)12-6-5-9-13-7-3-2-4-8-13/h2-10H2,1H3,(H,12,14). The Labute approximate surface area is 92.0 Å². The highest BCUT2D eigenvalue weighted by atomic mass is 16.5. The van der Waals surface area contributed by atoms with Gasteiger partial charge in [0, 0.05) is 13.7 Å². The number of amides is 1. The zero-order chi connectivity index (χ0) is 10.9. The van der Waals surface area contributed by atoms with Crippen molar-refractivity contribution in [3.8, 4) is 0 Å². The number of hydrogen-bond acceptors (Lipinski definition) is 3. The molecule has 1 heterocycles. The molecule has 0 radical (unpaired) electrons. The molecule has 88 valence electrons. The van der Waals surface area contributed by atoms with E-state index in [1.165, 1.54) is 39.5 Å². The van der Waals surface area contributed by atoms with Crippen molar-refractivity contribution in [2.24, 2.45) is 0 Å². The number of ether oxygens (including phenoxy) is 1. The number of carbonyl (C=O) groups is 1. The summed E-state index contributed by atoms with van der Waals surface area (Å²) < 4.78 is 4.73. The molecule has 4 heteroatoms. The molecular formula is C11H22N2O2. The average Bonchev–Trinajstić information content (AvgIpc) is 2.26. The molecule has 1 rings (SSSR count). The fraction of sp³-hybridized carbons (Fsp3) is 0.909. The number of nitrogens with zero attached hydrogens (tertiary/aromatic N) is 1. The molecule has 0 spiro atoms. The van der Waals surface area contributed by atoms with E-state index in [0.29, 0.717) is 0 Å². The van der Waals surface area contributed by atoms with Gasteiger partial charge in [-0.3, -0.25) is 4.79 Å². The lowest BCUT2D eigenvalue weighted by Gasteiger charge is -2.26. The summed E-state index contributed by atoms with van der Waals surface area (Å²) in [4.78, 5) is 13.5. The van der Waals surface area contributed by atoms with E-state index in [1.54, 1.807) is 0 Å². The van der Waals surface area contributed by atoms with Gasteiger partial charge in [-0.1, -0.05) is 6.42 Å². The summed E-state index contributed by atoms with van der Waals surface area (Å²) >= 11 is 0. The smallest absolute Gasteiger partial charge is 0.245 e. The van der Waals surface area contributed by atoms with Crippen molar-refractivity contribution < 1.29 is 9.53 Å². The van der Waals surface area contributed by atoms with Crippen molar-refractivity contribution in [1.82, 2.24) is 10.2 Å². The van der Waals surface area contributed by atoms with E-state index in [9.17, 15) is 4.79 Å². The minimum atomic E-state index is -0.0175. The Hall–Kier alpha value is -0.610. The normalized spacial score (nSPS) is 17.7. The molecule has 1 saturated heterocycles. The van der Waals surface area contributed by atoms with Crippen LogP contribution in [0.2, 0.25) is 0 Å². The van der Waals surface area contributed by atoms with Crippen molar-refractivity contribution in [3.63, 3.8) is 0 Å². The molecule has 1 N–H and O–H groups in total. The lowest BCUT2D eigenvalue weighted by atomic mass is 10.1. The Morgan fingerprint density at radius 1 is 1.33 bits per heavy atom. The fourth-order valence-corrected chi connectivity index (χ4v) is 1.90. The van der Waals surface area contributed by atoms with E-state index in [1.807, 2.05) is 0 Å². The average molecular weight is 214 g/mol. The van der Waals surface area contributed by atoms with Crippen LogP contribution in [0.15, 0.2) is 0 Å². The van der Waals surface area contributed by atoms with Gasteiger partial charge in [-0.25, -0.2) is 0 Å². The Bertz CT molecular complexity index is 179. The van der Waals surface area contributed by atoms with E-state index >= 15 is 0 Å². The molecule has 0 aromatic carbocycles. The highest BCUT2D eigenvalue weighted by molar-refractivity contribution is 5.77. The first-order chi connectivity index (χ1) is 7.33. The molecule has 1 amide bonds. The molecule has 0 unspecified atom stereocenters. The third kappa shape index (κ3) is 5.74. The van der Waals surface area contributed by atoms with Gasteiger partial charge in [0.2, 0.25) is 5.91 Å². The third-order valence-corrected chi connectivity index (χ3v) is 2.70. The van der Waals surface area contributed by atoms with E-state index < -0.39 is 0 Å². The minimum Gasteiger partial charge on any atom is -0.375 e. The quantitative estimate of drug-likeness (QED) is 0.659. The van der Waals surface area contributed by atoms with Crippen molar-refractivity contribution in [2.45, 2.75) is 25.7 Å². The maximum atomic E-state index is 11.0. The van der Waals surface area contributed by atoms with Gasteiger partial charge in [0.05, 0.1) is 0 Å². The number of carbonyl (C=O) groups excluding carboxylic acids is 1. The first kappa shape index (κ1) is 12.5. The molecule has 1 aliphatic heterocycles. The lowest BCUT2D eigenvalue weighted by molar-refractivity contribution is -0.124. The summed E-state index contributed by atoms with van der Waals surface area (Å²) in [5.41, 5.74) is 0. The Morgan fingerprint density at radius 2 is 2.07 bits per heavy atom. The van der Waals surface area contributed by atoms with Crippen molar-refractivity contribution in [2.75, 3.05) is 39.9 Å². The summed E-state index contributed by atoms with van der Waals surface area (Å²) in [7, 11) is 1.54. The number of hydrogen-bond donors (Lipinski definition) is 1. The van der Waals surface area contributed by atoms with Gasteiger partial charge in [0.15, 0.2) is 0 Å². The SMILES string of the molecule is COCC(=O)NCCCN1CCCCC1. The van der Waals surface area contributed by atoms with Gasteiger partial charge in [0.25, 0.3) is 0 Å². The zero-order valence-corrected chi connectivity index (χ0v) is 9.63. The van der Waals surface area contributed by atoms with E-state index in [2.05, 4.69) is 10.2 Å². The van der Waals surface area contributed by atoms with Gasteiger partial charge in [-0.2, -0.15) is 0 Å². The van der Waals surface area contributed by atoms with Crippen molar-refractivity contribution in [1.29, 1.82) is 0 Å². The summed E-state index contributed by atoms with van der Waals surface area (Å²) in [6.07, 6.45) is 5.07. The predicted molar refractivity (Wildman–Crippen MR) is 59.8 cm³/mol. The Balaban J connectivity index is 1.93. The van der Waals surface area contributed by atoms with E-state index in [0.717, 1.165) is 19.5 Å². The molecule has 15 heavy (non-hydrogen) atoms. The molecular weight excluding hydrogens is 192 g/mol. The van der Waals surface area contributed by atoms with Crippen LogP contribution in [0, 0.1) is 0 Å². The lowest BCUT2D eigenvalue weighted by Crippen LogP contribution is -2.34. The van der Waals surface area contributed by atoms with Gasteiger partial charge >= 0.3 is 0 Å². The first-order valence-corrected chi connectivity index (χ1v) is 5.81. The Kier molecular flexibility index (Phi) is 6.36. The van der Waals surface area contributed by atoms with Gasteiger partial charge < -0.3 is 15.0 Å².